The van der Waals surface area contributed by atoms with Crippen LogP contribution in [0.25, 0.3) is 0 Å². The molecule has 2 N–H and O–H groups in total. The second-order valence-electron chi connectivity index (χ2n) is 6.32. The van der Waals surface area contributed by atoms with Gasteiger partial charge in [-0.1, -0.05) is 19.1 Å². The van der Waals surface area contributed by atoms with E-state index in [1.54, 1.807) is 7.11 Å². The zero-order chi connectivity index (χ0) is 15.5. The van der Waals surface area contributed by atoms with Crippen molar-refractivity contribution in [2.45, 2.75) is 19.4 Å². The first-order valence-corrected chi connectivity index (χ1v) is 8.08. The van der Waals surface area contributed by atoms with E-state index >= 15 is 0 Å². The Morgan fingerprint density at radius 1 is 1.41 bits per heavy atom. The summed E-state index contributed by atoms with van der Waals surface area (Å²) in [5.41, 5.74) is 1.11. The minimum Gasteiger partial charge on any atom is -0.495 e. The Bertz CT molecular complexity index is 530. The van der Waals surface area contributed by atoms with E-state index in [2.05, 4.69) is 21.6 Å². The van der Waals surface area contributed by atoms with Crippen LogP contribution in [0.1, 0.15) is 13.3 Å². The molecule has 0 bridgehead atoms. The Kier molecular flexibility index (Phi) is 4.52. The number of carbonyl (C=O) groups is 1. The van der Waals surface area contributed by atoms with Gasteiger partial charge in [0, 0.05) is 25.0 Å². The molecule has 1 amide bonds. The third-order valence-corrected chi connectivity index (χ3v) is 4.89. The van der Waals surface area contributed by atoms with Crippen molar-refractivity contribution >= 4 is 11.6 Å². The molecule has 1 aromatic rings. The Balaban J connectivity index is 1.56. The number of amides is 1. The average molecular weight is 303 g/mol. The third-order valence-electron chi connectivity index (χ3n) is 4.89. The van der Waals surface area contributed by atoms with Crippen LogP contribution in [-0.4, -0.2) is 45.2 Å². The SMILES string of the molecule is COc1ccccc1N1CCC(NC(=O)C(C)C2CNC2)C1. The Hall–Kier alpha value is -1.75. The van der Waals surface area contributed by atoms with E-state index in [4.69, 9.17) is 4.74 Å². The van der Waals surface area contributed by atoms with E-state index in [1.807, 2.05) is 25.1 Å². The fraction of sp³-hybridized carbons (Fsp3) is 0.588. The normalized spacial score (nSPS) is 23.0. The van der Waals surface area contributed by atoms with Gasteiger partial charge in [-0.05, 0) is 37.6 Å². The quantitative estimate of drug-likeness (QED) is 0.859. The van der Waals surface area contributed by atoms with Crippen LogP contribution in [-0.2, 0) is 4.79 Å². The minimum atomic E-state index is 0.0987. The molecule has 0 aliphatic carbocycles. The fourth-order valence-electron chi connectivity index (χ4n) is 3.20. The Labute approximate surface area is 132 Å². The Morgan fingerprint density at radius 3 is 2.86 bits per heavy atom. The molecule has 2 saturated heterocycles. The van der Waals surface area contributed by atoms with Gasteiger partial charge in [0.15, 0.2) is 0 Å². The lowest BCUT2D eigenvalue weighted by Crippen LogP contribution is -2.51. The molecule has 2 fully saturated rings. The number of anilines is 1. The van der Waals surface area contributed by atoms with E-state index in [0.29, 0.717) is 5.92 Å². The molecule has 2 heterocycles. The molecule has 2 unspecified atom stereocenters. The van der Waals surface area contributed by atoms with Crippen LogP contribution in [0.5, 0.6) is 5.75 Å². The van der Waals surface area contributed by atoms with Gasteiger partial charge in [0.1, 0.15) is 5.75 Å². The summed E-state index contributed by atoms with van der Waals surface area (Å²) in [6.45, 7) is 5.76. The number of carbonyl (C=O) groups excluding carboxylic acids is 1. The number of benzene rings is 1. The third kappa shape index (κ3) is 3.04. The molecule has 2 aliphatic rings. The lowest BCUT2D eigenvalue weighted by molar-refractivity contribution is -0.127. The van der Waals surface area contributed by atoms with Crippen molar-refractivity contribution in [2.75, 3.05) is 38.2 Å². The predicted octanol–water partition coefficient (Wildman–Crippen LogP) is 1.25. The van der Waals surface area contributed by atoms with E-state index in [1.165, 1.54) is 0 Å². The molecule has 22 heavy (non-hydrogen) atoms. The largest absolute Gasteiger partial charge is 0.495 e. The first kappa shape index (κ1) is 15.2. The van der Waals surface area contributed by atoms with Crippen LogP contribution in [0, 0.1) is 11.8 Å². The number of hydrogen-bond donors (Lipinski definition) is 2. The molecule has 0 aromatic heterocycles. The maximum Gasteiger partial charge on any atom is 0.223 e. The van der Waals surface area contributed by atoms with Crippen molar-refractivity contribution in [1.29, 1.82) is 0 Å². The van der Waals surface area contributed by atoms with Crippen molar-refractivity contribution in [1.82, 2.24) is 10.6 Å². The molecule has 3 rings (SSSR count). The standard InChI is InChI=1S/C17H25N3O2/c1-12(13-9-18-10-13)17(21)19-14-7-8-20(11-14)15-5-3-4-6-16(15)22-2/h3-6,12-14,18H,7-11H2,1-2H3,(H,19,21). The van der Waals surface area contributed by atoms with Crippen molar-refractivity contribution in [3.8, 4) is 5.75 Å². The van der Waals surface area contributed by atoms with Crippen LogP contribution in [0.3, 0.4) is 0 Å². The van der Waals surface area contributed by atoms with Crippen molar-refractivity contribution < 1.29 is 9.53 Å². The topological polar surface area (TPSA) is 53.6 Å². The van der Waals surface area contributed by atoms with E-state index in [-0.39, 0.29) is 17.9 Å². The molecule has 1 aromatic carbocycles. The molecule has 2 atom stereocenters. The summed E-state index contributed by atoms with van der Waals surface area (Å²) >= 11 is 0. The maximum absolute atomic E-state index is 12.3. The molecular weight excluding hydrogens is 278 g/mol. The number of hydrogen-bond acceptors (Lipinski definition) is 4. The number of para-hydroxylation sites is 2. The van der Waals surface area contributed by atoms with Gasteiger partial charge < -0.3 is 20.3 Å². The summed E-state index contributed by atoms with van der Waals surface area (Å²) < 4.78 is 5.43. The number of rotatable bonds is 5. The van der Waals surface area contributed by atoms with Crippen LogP contribution in [0.4, 0.5) is 5.69 Å². The van der Waals surface area contributed by atoms with E-state index < -0.39 is 0 Å². The van der Waals surface area contributed by atoms with Gasteiger partial charge >= 0.3 is 0 Å². The predicted molar refractivity (Wildman–Crippen MR) is 87.3 cm³/mol. The summed E-state index contributed by atoms with van der Waals surface area (Å²) in [4.78, 5) is 14.6. The highest BCUT2D eigenvalue weighted by molar-refractivity contribution is 5.79. The molecule has 0 radical (unpaired) electrons. The second kappa shape index (κ2) is 6.57. The highest BCUT2D eigenvalue weighted by Gasteiger charge is 2.31. The monoisotopic (exact) mass is 303 g/mol. The van der Waals surface area contributed by atoms with Gasteiger partial charge in [0.25, 0.3) is 0 Å². The zero-order valence-electron chi connectivity index (χ0n) is 13.3. The van der Waals surface area contributed by atoms with Gasteiger partial charge in [-0.3, -0.25) is 4.79 Å². The van der Waals surface area contributed by atoms with Gasteiger partial charge in [0.05, 0.1) is 12.8 Å². The fourth-order valence-corrected chi connectivity index (χ4v) is 3.20. The highest BCUT2D eigenvalue weighted by atomic mass is 16.5. The lowest BCUT2D eigenvalue weighted by Gasteiger charge is -2.32. The molecule has 2 aliphatic heterocycles. The van der Waals surface area contributed by atoms with E-state index in [9.17, 15) is 4.79 Å². The van der Waals surface area contributed by atoms with Crippen LogP contribution < -0.4 is 20.3 Å². The van der Waals surface area contributed by atoms with Crippen molar-refractivity contribution in [3.05, 3.63) is 24.3 Å². The summed E-state index contributed by atoms with van der Waals surface area (Å²) in [6, 6.07) is 8.29. The van der Waals surface area contributed by atoms with Crippen molar-refractivity contribution in [3.63, 3.8) is 0 Å². The molecular formula is C17H25N3O2. The number of methoxy groups -OCH3 is 1. The van der Waals surface area contributed by atoms with Gasteiger partial charge in [-0.15, -0.1) is 0 Å². The summed E-state index contributed by atoms with van der Waals surface area (Å²) in [5, 5.41) is 6.45. The second-order valence-corrected chi connectivity index (χ2v) is 6.32. The number of nitrogens with zero attached hydrogens (tertiary/aromatic N) is 1. The zero-order valence-corrected chi connectivity index (χ0v) is 13.3. The molecule has 0 spiro atoms. The van der Waals surface area contributed by atoms with Crippen LogP contribution in [0.2, 0.25) is 0 Å². The summed E-state index contributed by atoms with van der Waals surface area (Å²) in [6.07, 6.45) is 0.986. The van der Waals surface area contributed by atoms with E-state index in [0.717, 1.165) is 44.0 Å². The first-order valence-electron chi connectivity index (χ1n) is 8.08. The van der Waals surface area contributed by atoms with Crippen molar-refractivity contribution in [2.24, 2.45) is 11.8 Å². The molecule has 5 nitrogen and oxygen atoms in total. The lowest BCUT2D eigenvalue weighted by atomic mass is 9.88. The van der Waals surface area contributed by atoms with Crippen LogP contribution >= 0.6 is 0 Å². The van der Waals surface area contributed by atoms with Gasteiger partial charge in [-0.2, -0.15) is 0 Å². The molecule has 120 valence electrons. The van der Waals surface area contributed by atoms with Gasteiger partial charge in [0.2, 0.25) is 5.91 Å². The average Bonchev–Trinajstić information content (AvgIpc) is 2.93. The summed E-state index contributed by atoms with van der Waals surface area (Å²) in [7, 11) is 1.70. The number of nitrogens with one attached hydrogen (secondary N) is 2. The first-order chi connectivity index (χ1) is 10.7. The maximum atomic E-state index is 12.3. The highest BCUT2D eigenvalue weighted by Crippen LogP contribution is 2.30. The molecule has 0 saturated carbocycles. The smallest absolute Gasteiger partial charge is 0.223 e. The Morgan fingerprint density at radius 2 is 2.18 bits per heavy atom. The summed E-state index contributed by atoms with van der Waals surface area (Å²) in [5.74, 6) is 1.68. The number of ether oxygens (including phenoxy) is 1. The van der Waals surface area contributed by atoms with Gasteiger partial charge in [-0.25, -0.2) is 0 Å². The van der Waals surface area contributed by atoms with Crippen LogP contribution in [0.15, 0.2) is 24.3 Å². The minimum absolute atomic E-state index is 0.0987. The molecule has 5 heteroatoms.